The maximum atomic E-state index is 4.26. The van der Waals surface area contributed by atoms with Crippen LogP contribution in [-0.4, -0.2) is 0 Å². The van der Waals surface area contributed by atoms with Gasteiger partial charge in [-0.25, -0.2) is 0 Å². The first-order chi connectivity index (χ1) is 1.41. The fourth-order valence-corrected chi connectivity index (χ4v) is 0. The average Bonchev–Trinajstić information content (AvgIpc) is 0.918. The Labute approximate surface area is 65.4 Å². The SMILES string of the molecule is ClOCl.[Tb]. The van der Waals surface area contributed by atoms with Crippen LogP contribution in [0, 0.1) is 38.6 Å². The summed E-state index contributed by atoms with van der Waals surface area (Å²) in [5.41, 5.74) is 0. The third-order valence-corrected chi connectivity index (χ3v) is 0. The first kappa shape index (κ1) is 9.27. The molecule has 0 aromatic heterocycles. The summed E-state index contributed by atoms with van der Waals surface area (Å²) >= 11 is 8.53. The molecule has 0 saturated carbocycles. The van der Waals surface area contributed by atoms with Crippen molar-refractivity contribution in [1.29, 1.82) is 0 Å². The predicted octanol–water partition coefficient (Wildman–Crippen LogP) is 1.31. The standard InChI is InChI=1S/Cl2O.Tb/c1-3-2;. The van der Waals surface area contributed by atoms with Crippen molar-refractivity contribution in [3.63, 3.8) is 0 Å². The van der Waals surface area contributed by atoms with Crippen LogP contribution < -0.4 is 0 Å². The molecule has 1 nitrogen and oxygen atoms in total. The summed E-state index contributed by atoms with van der Waals surface area (Å²) in [6.45, 7) is 0. The molecule has 4 heavy (non-hydrogen) atoms. The minimum Gasteiger partial charge on any atom is -0.166 e. The van der Waals surface area contributed by atoms with Gasteiger partial charge in [-0.1, -0.05) is 0 Å². The molecule has 0 N–H and O–H groups in total. The second-order valence-electron chi connectivity index (χ2n) is 0.0583. The maximum absolute atomic E-state index is 4.26. The van der Waals surface area contributed by atoms with Crippen LogP contribution in [0.4, 0.5) is 0 Å². The molecule has 0 aliphatic rings. The van der Waals surface area contributed by atoms with E-state index in [-0.39, 0.29) is 38.6 Å². The van der Waals surface area contributed by atoms with Crippen LogP contribution in [0.25, 0.3) is 0 Å². The summed E-state index contributed by atoms with van der Waals surface area (Å²) in [5, 5.41) is 0. The normalized spacial score (nSPS) is 4.50. The van der Waals surface area contributed by atoms with Crippen molar-refractivity contribution in [2.75, 3.05) is 0 Å². The van der Waals surface area contributed by atoms with E-state index in [1.54, 1.807) is 0 Å². The van der Waals surface area contributed by atoms with Crippen LogP contribution in [0.15, 0.2) is 0 Å². The Morgan fingerprint density at radius 3 is 1.25 bits per heavy atom. The van der Waals surface area contributed by atoms with E-state index in [4.69, 9.17) is 0 Å². The molecule has 0 amide bonds. The number of hydrogen-bond donors (Lipinski definition) is 0. The van der Waals surface area contributed by atoms with E-state index < -0.39 is 0 Å². The van der Waals surface area contributed by atoms with E-state index in [9.17, 15) is 0 Å². The largest absolute Gasteiger partial charge is 0.166 e. The molecule has 0 fully saturated rings. The van der Waals surface area contributed by atoms with Gasteiger partial charge in [0.1, 0.15) is 0 Å². The number of hydrogen-bond acceptors (Lipinski definition) is 1. The van der Waals surface area contributed by atoms with Gasteiger partial charge in [-0.3, -0.25) is 0 Å². The summed E-state index contributed by atoms with van der Waals surface area (Å²) < 4.78 is 3.19. The van der Waals surface area contributed by atoms with Crippen molar-refractivity contribution in [1.82, 2.24) is 0 Å². The molecule has 0 spiro atoms. The quantitative estimate of drug-likeness (QED) is 0.626. The van der Waals surface area contributed by atoms with Crippen LogP contribution in [-0.2, 0) is 3.84 Å². The minimum absolute atomic E-state index is 0. The Morgan fingerprint density at radius 1 is 1.25 bits per heavy atom. The van der Waals surface area contributed by atoms with E-state index in [2.05, 4.69) is 27.6 Å². The molecular formula is Cl2OTb. The molecule has 0 aliphatic carbocycles. The van der Waals surface area contributed by atoms with Gasteiger partial charge in [-0.2, -0.15) is 3.84 Å². The molecule has 4 heteroatoms. The zero-order chi connectivity index (χ0) is 2.71. The van der Waals surface area contributed by atoms with Gasteiger partial charge in [0.15, 0.2) is 0 Å². The smallest absolute Gasteiger partial charge is 0.0832 e. The molecule has 0 aliphatic heterocycles. The van der Waals surface area contributed by atoms with Crippen LogP contribution >= 0.6 is 23.7 Å². The van der Waals surface area contributed by atoms with Gasteiger partial charge in [0.25, 0.3) is 0 Å². The maximum Gasteiger partial charge on any atom is 0.0832 e. The van der Waals surface area contributed by atoms with Gasteiger partial charge < -0.3 is 0 Å². The van der Waals surface area contributed by atoms with Crippen molar-refractivity contribution in [3.8, 4) is 0 Å². The van der Waals surface area contributed by atoms with Gasteiger partial charge in [0.2, 0.25) is 0 Å². The Hall–Kier alpha value is 1.83. The molecule has 0 saturated heterocycles. The summed E-state index contributed by atoms with van der Waals surface area (Å²) in [6, 6.07) is 0. The molecule has 0 aromatic rings. The zero-order valence-corrected chi connectivity index (χ0v) is 5.15. The second kappa shape index (κ2) is 8.85. The molecule has 0 aromatic carbocycles. The molecule has 0 atom stereocenters. The molecule has 29 valence electrons. The molecule has 1 radical (unpaired) electrons. The minimum atomic E-state index is 0. The van der Waals surface area contributed by atoms with Crippen LogP contribution in [0.1, 0.15) is 0 Å². The average molecular weight is 246 g/mol. The Kier molecular flexibility index (Phi) is 20.5. The van der Waals surface area contributed by atoms with E-state index in [0.717, 1.165) is 0 Å². The monoisotopic (exact) mass is 245 g/mol. The second-order valence-corrected chi connectivity index (χ2v) is 0.525. The van der Waals surface area contributed by atoms with Crippen LogP contribution in [0.3, 0.4) is 0 Å². The van der Waals surface area contributed by atoms with E-state index in [1.165, 1.54) is 0 Å². The van der Waals surface area contributed by atoms with E-state index >= 15 is 0 Å². The summed E-state index contributed by atoms with van der Waals surface area (Å²) in [5.74, 6) is 0. The van der Waals surface area contributed by atoms with Crippen molar-refractivity contribution in [3.05, 3.63) is 0 Å². The zero-order valence-electron chi connectivity index (χ0n) is 1.50. The molecule has 0 bridgehead atoms. The number of halogens is 2. The summed E-state index contributed by atoms with van der Waals surface area (Å²) in [6.07, 6.45) is 0. The summed E-state index contributed by atoms with van der Waals surface area (Å²) in [7, 11) is 0. The fourth-order valence-electron chi connectivity index (χ4n) is 0. The first-order valence-corrected chi connectivity index (χ1v) is 0.926. The van der Waals surface area contributed by atoms with Crippen molar-refractivity contribution < 1.29 is 42.5 Å². The third-order valence-electron chi connectivity index (χ3n) is 0. The van der Waals surface area contributed by atoms with Crippen molar-refractivity contribution >= 4 is 23.7 Å². The van der Waals surface area contributed by atoms with E-state index in [0.29, 0.717) is 0 Å². The molecular weight excluding hydrogens is 246 g/mol. The van der Waals surface area contributed by atoms with Gasteiger partial charge in [0, 0.05) is 38.6 Å². The van der Waals surface area contributed by atoms with Crippen LogP contribution in [0.5, 0.6) is 0 Å². The topological polar surface area (TPSA) is 9.23 Å². The van der Waals surface area contributed by atoms with E-state index in [1.807, 2.05) is 0 Å². The molecule has 0 rings (SSSR count). The van der Waals surface area contributed by atoms with Gasteiger partial charge in [0.05, 0.1) is 23.7 Å². The van der Waals surface area contributed by atoms with Crippen molar-refractivity contribution in [2.24, 2.45) is 0 Å². The Morgan fingerprint density at radius 2 is 1.25 bits per heavy atom. The van der Waals surface area contributed by atoms with Crippen LogP contribution in [0.2, 0.25) is 0 Å². The van der Waals surface area contributed by atoms with Gasteiger partial charge in [-0.05, 0) is 0 Å². The fraction of sp³-hybridized carbons (Fsp3) is 0. The summed E-state index contributed by atoms with van der Waals surface area (Å²) in [4.78, 5) is 0. The number of rotatable bonds is 0. The third kappa shape index (κ3) is 9.16. The van der Waals surface area contributed by atoms with Crippen molar-refractivity contribution in [2.45, 2.75) is 0 Å². The van der Waals surface area contributed by atoms with Gasteiger partial charge >= 0.3 is 0 Å². The Balaban J connectivity index is 0. The molecule has 0 heterocycles. The predicted molar refractivity (Wildman–Crippen MR) is 12.8 cm³/mol. The Bertz CT molecular complexity index is 6.00. The first-order valence-electron chi connectivity index (χ1n) is 0.309. The molecule has 0 unspecified atom stereocenters. The van der Waals surface area contributed by atoms with Gasteiger partial charge in [-0.15, -0.1) is 0 Å².